The van der Waals surface area contributed by atoms with Gasteiger partial charge in [0.2, 0.25) is 5.91 Å². The zero-order valence-electron chi connectivity index (χ0n) is 14.3. The quantitative estimate of drug-likeness (QED) is 0.800. The van der Waals surface area contributed by atoms with Gasteiger partial charge < -0.3 is 19.9 Å². The van der Waals surface area contributed by atoms with E-state index >= 15 is 0 Å². The largest absolute Gasteiger partial charge is 0.497 e. The molecule has 1 aromatic carbocycles. The van der Waals surface area contributed by atoms with E-state index < -0.39 is 11.5 Å². The molecule has 1 amide bonds. The second kappa shape index (κ2) is 8.04. The average Bonchev–Trinajstić information content (AvgIpc) is 2.60. The Bertz CT molecular complexity index is 593. The smallest absolute Gasteiger partial charge is 0.329 e. The first kappa shape index (κ1) is 18.1. The van der Waals surface area contributed by atoms with E-state index in [2.05, 4.69) is 5.32 Å². The summed E-state index contributed by atoms with van der Waals surface area (Å²) in [6.45, 7) is 0. The summed E-state index contributed by atoms with van der Waals surface area (Å²) in [5.74, 6) is 0.202. The summed E-state index contributed by atoms with van der Waals surface area (Å²) in [5.41, 5.74) is -0.242. The lowest BCUT2D eigenvalue weighted by molar-refractivity contribution is -0.149. The standard InChI is InChI=1S/C18H25NO5/c1-23-14-7-8-15(24-2)13(12-14)6-9-16(20)19-18(17(21)22)10-4-3-5-11-18/h7-8,12H,3-6,9-11H2,1-2H3,(H,19,20)(H,21,22). The van der Waals surface area contributed by atoms with E-state index in [-0.39, 0.29) is 12.3 Å². The van der Waals surface area contributed by atoms with Crippen LogP contribution in [0.25, 0.3) is 0 Å². The molecule has 1 aromatic rings. The molecular weight excluding hydrogens is 310 g/mol. The Morgan fingerprint density at radius 2 is 1.88 bits per heavy atom. The molecule has 0 aromatic heterocycles. The summed E-state index contributed by atoms with van der Waals surface area (Å²) < 4.78 is 10.5. The number of amides is 1. The van der Waals surface area contributed by atoms with Gasteiger partial charge in [-0.15, -0.1) is 0 Å². The van der Waals surface area contributed by atoms with Crippen LogP contribution >= 0.6 is 0 Å². The number of ether oxygens (including phenoxy) is 2. The number of carboxylic acid groups (broad SMARTS) is 1. The first-order valence-electron chi connectivity index (χ1n) is 8.26. The molecule has 24 heavy (non-hydrogen) atoms. The van der Waals surface area contributed by atoms with Crippen LogP contribution in [0, 0.1) is 0 Å². The number of aliphatic carboxylic acids is 1. The Labute approximate surface area is 142 Å². The van der Waals surface area contributed by atoms with Crippen molar-refractivity contribution in [3.05, 3.63) is 23.8 Å². The van der Waals surface area contributed by atoms with Crippen molar-refractivity contribution in [3.63, 3.8) is 0 Å². The van der Waals surface area contributed by atoms with Crippen molar-refractivity contribution in [3.8, 4) is 11.5 Å². The number of hydrogen-bond donors (Lipinski definition) is 2. The summed E-state index contributed by atoms with van der Waals surface area (Å²) >= 11 is 0. The zero-order valence-corrected chi connectivity index (χ0v) is 14.3. The molecule has 0 atom stereocenters. The second-order valence-electron chi connectivity index (χ2n) is 6.17. The summed E-state index contributed by atoms with van der Waals surface area (Å²) in [5, 5.41) is 12.3. The van der Waals surface area contributed by atoms with Crippen LogP contribution in [0.3, 0.4) is 0 Å². The molecule has 2 N–H and O–H groups in total. The van der Waals surface area contributed by atoms with E-state index in [1.807, 2.05) is 6.07 Å². The molecule has 0 aliphatic heterocycles. The van der Waals surface area contributed by atoms with Crippen LogP contribution in [0.2, 0.25) is 0 Å². The van der Waals surface area contributed by atoms with Gasteiger partial charge >= 0.3 is 5.97 Å². The second-order valence-corrected chi connectivity index (χ2v) is 6.17. The van der Waals surface area contributed by atoms with Crippen molar-refractivity contribution in [1.82, 2.24) is 5.32 Å². The number of nitrogens with one attached hydrogen (secondary N) is 1. The van der Waals surface area contributed by atoms with Gasteiger partial charge in [-0.1, -0.05) is 19.3 Å². The maximum Gasteiger partial charge on any atom is 0.329 e. The average molecular weight is 335 g/mol. The van der Waals surface area contributed by atoms with Gasteiger partial charge in [0.15, 0.2) is 0 Å². The first-order valence-corrected chi connectivity index (χ1v) is 8.26. The van der Waals surface area contributed by atoms with E-state index in [9.17, 15) is 14.7 Å². The Morgan fingerprint density at radius 1 is 1.17 bits per heavy atom. The SMILES string of the molecule is COc1ccc(OC)c(CCC(=O)NC2(C(=O)O)CCCCC2)c1. The monoisotopic (exact) mass is 335 g/mol. The molecule has 0 spiro atoms. The lowest BCUT2D eigenvalue weighted by Gasteiger charge is -2.34. The van der Waals surface area contributed by atoms with E-state index in [4.69, 9.17) is 9.47 Å². The third kappa shape index (κ3) is 4.19. The number of carbonyl (C=O) groups is 2. The van der Waals surface area contributed by atoms with E-state index in [1.54, 1.807) is 26.4 Å². The van der Waals surface area contributed by atoms with Crippen LogP contribution in [-0.2, 0) is 16.0 Å². The van der Waals surface area contributed by atoms with Crippen LogP contribution in [0.15, 0.2) is 18.2 Å². The first-order chi connectivity index (χ1) is 11.5. The Morgan fingerprint density at radius 3 is 2.46 bits per heavy atom. The van der Waals surface area contributed by atoms with Crippen molar-refractivity contribution >= 4 is 11.9 Å². The molecule has 1 fully saturated rings. The summed E-state index contributed by atoms with van der Waals surface area (Å²) in [6.07, 6.45) is 4.34. The minimum atomic E-state index is -1.10. The highest BCUT2D eigenvalue weighted by Gasteiger charge is 2.40. The number of carbonyl (C=O) groups excluding carboxylic acids is 1. The lowest BCUT2D eigenvalue weighted by Crippen LogP contribution is -2.55. The molecule has 0 radical (unpaired) electrons. The number of carboxylic acids is 1. The summed E-state index contributed by atoms with van der Waals surface area (Å²) in [6, 6.07) is 5.43. The fraction of sp³-hybridized carbons (Fsp3) is 0.556. The molecule has 0 heterocycles. The fourth-order valence-electron chi connectivity index (χ4n) is 3.20. The maximum atomic E-state index is 12.3. The molecule has 0 unspecified atom stereocenters. The van der Waals surface area contributed by atoms with Gasteiger partial charge in [-0.05, 0) is 43.0 Å². The maximum absolute atomic E-state index is 12.3. The van der Waals surface area contributed by atoms with Crippen molar-refractivity contribution in [2.24, 2.45) is 0 Å². The van der Waals surface area contributed by atoms with Gasteiger partial charge in [0.05, 0.1) is 14.2 Å². The molecule has 132 valence electrons. The third-order valence-corrected chi connectivity index (χ3v) is 4.60. The molecule has 2 rings (SSSR count). The number of aryl methyl sites for hydroxylation is 1. The van der Waals surface area contributed by atoms with Crippen molar-refractivity contribution in [2.45, 2.75) is 50.5 Å². The number of hydrogen-bond acceptors (Lipinski definition) is 4. The van der Waals surface area contributed by atoms with Crippen molar-refractivity contribution in [1.29, 1.82) is 0 Å². The van der Waals surface area contributed by atoms with Crippen molar-refractivity contribution in [2.75, 3.05) is 14.2 Å². The molecule has 1 saturated carbocycles. The predicted molar refractivity (Wildman–Crippen MR) is 89.5 cm³/mol. The highest BCUT2D eigenvalue weighted by Crippen LogP contribution is 2.29. The van der Waals surface area contributed by atoms with Gasteiger partial charge in [0.25, 0.3) is 0 Å². The van der Waals surface area contributed by atoms with E-state index in [0.717, 1.165) is 24.8 Å². The highest BCUT2D eigenvalue weighted by molar-refractivity contribution is 5.87. The normalized spacial score (nSPS) is 16.2. The van der Waals surface area contributed by atoms with Crippen LogP contribution in [0.1, 0.15) is 44.1 Å². The minimum absolute atomic E-state index is 0.207. The zero-order chi connectivity index (χ0) is 17.6. The third-order valence-electron chi connectivity index (χ3n) is 4.60. The minimum Gasteiger partial charge on any atom is -0.497 e. The summed E-state index contributed by atoms with van der Waals surface area (Å²) in [7, 11) is 3.16. The van der Waals surface area contributed by atoms with Crippen LogP contribution in [0.4, 0.5) is 0 Å². The number of rotatable bonds is 7. The molecule has 0 saturated heterocycles. The van der Waals surface area contributed by atoms with Crippen molar-refractivity contribution < 1.29 is 24.2 Å². The number of benzene rings is 1. The lowest BCUT2D eigenvalue weighted by atomic mass is 9.81. The van der Waals surface area contributed by atoms with E-state index in [1.165, 1.54) is 0 Å². The Kier molecular flexibility index (Phi) is 6.06. The van der Waals surface area contributed by atoms with Gasteiger partial charge in [0.1, 0.15) is 17.0 Å². The van der Waals surface area contributed by atoms with Gasteiger partial charge in [-0.3, -0.25) is 4.79 Å². The molecule has 1 aliphatic rings. The fourth-order valence-corrected chi connectivity index (χ4v) is 3.20. The van der Waals surface area contributed by atoms with Crippen LogP contribution in [0.5, 0.6) is 11.5 Å². The van der Waals surface area contributed by atoms with Gasteiger partial charge in [0, 0.05) is 6.42 Å². The topological polar surface area (TPSA) is 84.9 Å². The van der Waals surface area contributed by atoms with Crippen LogP contribution in [-0.4, -0.2) is 36.7 Å². The molecule has 6 heteroatoms. The predicted octanol–water partition coefficient (Wildman–Crippen LogP) is 2.54. The highest BCUT2D eigenvalue weighted by atomic mass is 16.5. The number of methoxy groups -OCH3 is 2. The molecular formula is C18H25NO5. The molecule has 6 nitrogen and oxygen atoms in total. The Hall–Kier alpha value is -2.24. The molecule has 0 bridgehead atoms. The van der Waals surface area contributed by atoms with E-state index in [0.29, 0.717) is 30.8 Å². The molecule has 1 aliphatic carbocycles. The summed E-state index contributed by atoms with van der Waals surface area (Å²) in [4.78, 5) is 23.9. The van der Waals surface area contributed by atoms with Gasteiger partial charge in [-0.25, -0.2) is 4.79 Å². The van der Waals surface area contributed by atoms with Gasteiger partial charge in [-0.2, -0.15) is 0 Å². The van der Waals surface area contributed by atoms with Crippen LogP contribution < -0.4 is 14.8 Å². The Balaban J connectivity index is 2.01.